The monoisotopic (exact) mass is 357 g/mol. The van der Waals surface area contributed by atoms with Gasteiger partial charge in [0.15, 0.2) is 0 Å². The van der Waals surface area contributed by atoms with Crippen LogP contribution < -0.4 is 5.32 Å². The van der Waals surface area contributed by atoms with Crippen molar-refractivity contribution in [1.29, 1.82) is 0 Å². The molecule has 0 aliphatic carbocycles. The summed E-state index contributed by atoms with van der Waals surface area (Å²) in [5.41, 5.74) is 4.14. The maximum atomic E-state index is 12.6. The first-order valence-corrected chi connectivity index (χ1v) is 8.97. The maximum Gasteiger partial charge on any atom is 0.259 e. The van der Waals surface area contributed by atoms with Crippen LogP contribution in [0.5, 0.6) is 0 Å². The molecule has 0 fully saturated rings. The SMILES string of the molecule is CC.O=C1NC(=O)C(c2c[nH]c3ccccc23)=C1c1c[nH]c2ccccc12. The summed E-state index contributed by atoms with van der Waals surface area (Å²) in [6.45, 7) is 4.00. The molecule has 0 radical (unpaired) electrons. The van der Waals surface area contributed by atoms with Gasteiger partial charge in [-0.2, -0.15) is 0 Å². The highest BCUT2D eigenvalue weighted by Crippen LogP contribution is 2.37. The lowest BCUT2D eigenvalue weighted by Gasteiger charge is -2.03. The predicted octanol–water partition coefficient (Wildman–Crippen LogP) is 4.24. The lowest BCUT2D eigenvalue weighted by molar-refractivity contribution is -0.122. The number of imide groups is 1. The number of aromatic nitrogens is 2. The first-order valence-electron chi connectivity index (χ1n) is 8.97. The van der Waals surface area contributed by atoms with E-state index in [1.807, 2.05) is 62.4 Å². The van der Waals surface area contributed by atoms with Crippen LogP contribution in [0.15, 0.2) is 60.9 Å². The van der Waals surface area contributed by atoms with Gasteiger partial charge < -0.3 is 9.97 Å². The van der Waals surface area contributed by atoms with Gasteiger partial charge in [0.1, 0.15) is 0 Å². The van der Waals surface area contributed by atoms with Gasteiger partial charge in [0.05, 0.1) is 11.1 Å². The summed E-state index contributed by atoms with van der Waals surface area (Å²) in [5.74, 6) is -0.731. The molecule has 2 amide bonds. The minimum absolute atomic E-state index is 0.366. The quantitative estimate of drug-likeness (QED) is 0.469. The normalized spacial score (nSPS) is 13.9. The average Bonchev–Trinajstić information content (AvgIpc) is 3.38. The van der Waals surface area contributed by atoms with E-state index in [1.165, 1.54) is 0 Å². The second-order valence-corrected chi connectivity index (χ2v) is 6.03. The summed E-state index contributed by atoms with van der Waals surface area (Å²) in [6, 6.07) is 15.5. The van der Waals surface area contributed by atoms with Crippen LogP contribution >= 0.6 is 0 Å². The van der Waals surface area contributed by atoms with Crippen molar-refractivity contribution in [2.45, 2.75) is 13.8 Å². The molecule has 2 aromatic heterocycles. The molecule has 5 heteroatoms. The Morgan fingerprint density at radius 1 is 0.630 bits per heavy atom. The molecule has 3 N–H and O–H groups in total. The fraction of sp³-hybridized carbons (Fsp3) is 0.0909. The van der Waals surface area contributed by atoms with Crippen molar-refractivity contribution in [3.8, 4) is 0 Å². The number of aromatic amines is 2. The van der Waals surface area contributed by atoms with Crippen molar-refractivity contribution in [3.05, 3.63) is 72.1 Å². The predicted molar refractivity (Wildman–Crippen MR) is 108 cm³/mol. The van der Waals surface area contributed by atoms with E-state index >= 15 is 0 Å². The fourth-order valence-electron chi connectivity index (χ4n) is 3.53. The van der Waals surface area contributed by atoms with Crippen LogP contribution in [-0.2, 0) is 9.59 Å². The van der Waals surface area contributed by atoms with Gasteiger partial charge in [0.25, 0.3) is 11.8 Å². The summed E-state index contributed by atoms with van der Waals surface area (Å²) >= 11 is 0. The molecule has 0 spiro atoms. The molecule has 1 aliphatic heterocycles. The van der Waals surface area contributed by atoms with Crippen LogP contribution in [0.3, 0.4) is 0 Å². The fourth-order valence-corrected chi connectivity index (χ4v) is 3.53. The third kappa shape index (κ3) is 2.56. The van der Waals surface area contributed by atoms with Crippen molar-refractivity contribution in [1.82, 2.24) is 15.3 Å². The van der Waals surface area contributed by atoms with E-state index in [1.54, 1.807) is 12.4 Å². The molecule has 5 nitrogen and oxygen atoms in total. The van der Waals surface area contributed by atoms with E-state index in [9.17, 15) is 9.59 Å². The Labute approximate surface area is 156 Å². The number of hydrogen-bond donors (Lipinski definition) is 3. The number of benzene rings is 2. The van der Waals surface area contributed by atoms with Crippen molar-refractivity contribution in [2.24, 2.45) is 0 Å². The number of carbonyl (C=O) groups excluding carboxylic acids is 2. The Hall–Kier alpha value is -3.60. The summed E-state index contributed by atoms with van der Waals surface area (Å²) in [6.07, 6.45) is 3.57. The Morgan fingerprint density at radius 3 is 1.48 bits per heavy atom. The first-order chi connectivity index (χ1) is 13.2. The maximum absolute atomic E-state index is 12.6. The molecule has 134 valence electrons. The molecule has 0 saturated heterocycles. The van der Waals surface area contributed by atoms with Crippen molar-refractivity contribution in [2.75, 3.05) is 0 Å². The minimum Gasteiger partial charge on any atom is -0.361 e. The lowest BCUT2D eigenvalue weighted by atomic mass is 9.95. The highest BCUT2D eigenvalue weighted by Gasteiger charge is 2.34. The summed E-state index contributed by atoms with van der Waals surface area (Å²) in [4.78, 5) is 31.4. The molecule has 0 saturated carbocycles. The molecule has 0 unspecified atom stereocenters. The van der Waals surface area contributed by atoms with Gasteiger partial charge >= 0.3 is 0 Å². The molecule has 4 aromatic rings. The van der Waals surface area contributed by atoms with Crippen molar-refractivity contribution in [3.63, 3.8) is 0 Å². The van der Waals surface area contributed by atoms with E-state index in [4.69, 9.17) is 0 Å². The lowest BCUT2D eigenvalue weighted by Crippen LogP contribution is -2.22. The zero-order valence-electron chi connectivity index (χ0n) is 15.1. The van der Waals surface area contributed by atoms with Crippen LogP contribution in [0.2, 0.25) is 0 Å². The standard InChI is InChI=1S/C20H13N3O2.C2H6/c24-19-17(13-9-21-15-7-3-1-5-11(13)15)18(20(25)23-19)14-10-22-16-8-4-2-6-12(14)16;1-2/h1-10,21-22H,(H,23,24,25);1-2H3. The number of H-pyrrole nitrogens is 2. The van der Waals surface area contributed by atoms with Gasteiger partial charge in [0, 0.05) is 45.3 Å². The summed E-state index contributed by atoms with van der Waals surface area (Å²) < 4.78 is 0. The minimum atomic E-state index is -0.366. The van der Waals surface area contributed by atoms with Gasteiger partial charge in [-0.25, -0.2) is 0 Å². The smallest absolute Gasteiger partial charge is 0.259 e. The van der Waals surface area contributed by atoms with E-state index < -0.39 is 0 Å². The first kappa shape index (κ1) is 16.8. The van der Waals surface area contributed by atoms with Gasteiger partial charge in [0.2, 0.25) is 0 Å². The number of para-hydroxylation sites is 2. The highest BCUT2D eigenvalue weighted by molar-refractivity contribution is 6.50. The Bertz CT molecular complexity index is 1120. The molecule has 1 aliphatic rings. The van der Waals surface area contributed by atoms with E-state index in [0.29, 0.717) is 11.1 Å². The topological polar surface area (TPSA) is 77.8 Å². The largest absolute Gasteiger partial charge is 0.361 e. The molecule has 0 bridgehead atoms. The summed E-state index contributed by atoms with van der Waals surface area (Å²) in [5, 5.41) is 4.28. The zero-order chi connectivity index (χ0) is 19.0. The van der Waals surface area contributed by atoms with E-state index in [-0.39, 0.29) is 11.8 Å². The van der Waals surface area contributed by atoms with Gasteiger partial charge in [-0.15, -0.1) is 0 Å². The second kappa shape index (κ2) is 6.61. The van der Waals surface area contributed by atoms with Crippen LogP contribution in [0.1, 0.15) is 25.0 Å². The number of rotatable bonds is 2. The number of fused-ring (bicyclic) bond motifs is 2. The zero-order valence-corrected chi connectivity index (χ0v) is 15.1. The third-order valence-corrected chi connectivity index (χ3v) is 4.65. The molecule has 2 aromatic carbocycles. The molecule has 27 heavy (non-hydrogen) atoms. The average molecular weight is 357 g/mol. The second-order valence-electron chi connectivity index (χ2n) is 6.03. The number of carbonyl (C=O) groups is 2. The summed E-state index contributed by atoms with van der Waals surface area (Å²) in [7, 11) is 0. The Morgan fingerprint density at radius 2 is 1.04 bits per heavy atom. The van der Waals surface area contributed by atoms with E-state index in [0.717, 1.165) is 32.9 Å². The third-order valence-electron chi connectivity index (χ3n) is 4.65. The van der Waals surface area contributed by atoms with Crippen LogP contribution in [0.4, 0.5) is 0 Å². The van der Waals surface area contributed by atoms with Crippen molar-refractivity contribution < 1.29 is 9.59 Å². The Kier molecular flexibility index (Phi) is 4.12. The Balaban J connectivity index is 0.000000872. The number of nitrogens with one attached hydrogen (secondary N) is 3. The van der Waals surface area contributed by atoms with Crippen molar-refractivity contribution >= 4 is 44.8 Å². The van der Waals surface area contributed by atoms with Gasteiger partial charge in [-0.3, -0.25) is 14.9 Å². The number of hydrogen-bond acceptors (Lipinski definition) is 2. The highest BCUT2D eigenvalue weighted by atomic mass is 16.2. The number of amides is 2. The van der Waals surface area contributed by atoms with Crippen LogP contribution in [-0.4, -0.2) is 21.8 Å². The molecule has 5 rings (SSSR count). The molecular weight excluding hydrogens is 338 g/mol. The van der Waals surface area contributed by atoms with Crippen LogP contribution in [0, 0.1) is 0 Å². The van der Waals surface area contributed by atoms with Crippen LogP contribution in [0.25, 0.3) is 33.0 Å². The molecular formula is C22H19N3O2. The van der Waals surface area contributed by atoms with Gasteiger partial charge in [-0.05, 0) is 12.1 Å². The molecule has 3 heterocycles. The van der Waals surface area contributed by atoms with Gasteiger partial charge in [-0.1, -0.05) is 50.2 Å². The van der Waals surface area contributed by atoms with E-state index in [2.05, 4.69) is 15.3 Å². The molecule has 0 atom stereocenters.